The fourth-order valence-electron chi connectivity index (χ4n) is 3.49. The van der Waals surface area contributed by atoms with E-state index in [1.807, 2.05) is 24.3 Å². The summed E-state index contributed by atoms with van der Waals surface area (Å²) in [5, 5.41) is 10.3. The lowest BCUT2D eigenvalue weighted by atomic mass is 10.1. The molecule has 3 aromatic heterocycles. The van der Waals surface area contributed by atoms with Crippen LogP contribution in [0.1, 0.15) is 21.9 Å². The van der Waals surface area contributed by atoms with Crippen LogP contribution < -0.4 is 15.4 Å². The summed E-state index contributed by atoms with van der Waals surface area (Å²) in [5.41, 5.74) is 2.66. The number of ether oxygens (including phenoxy) is 1. The van der Waals surface area contributed by atoms with Gasteiger partial charge in [0.2, 0.25) is 11.8 Å². The molecule has 0 saturated heterocycles. The average Bonchev–Trinajstić information content (AvgIpc) is 3.41. The van der Waals surface area contributed by atoms with Crippen LogP contribution in [0.4, 0.5) is 11.6 Å². The Hall–Kier alpha value is -4.73. The Morgan fingerprint density at radius 1 is 1.03 bits per heavy atom. The second-order valence-electron chi connectivity index (χ2n) is 7.44. The van der Waals surface area contributed by atoms with E-state index in [9.17, 15) is 4.79 Å². The van der Waals surface area contributed by atoms with Crippen molar-refractivity contribution in [2.75, 3.05) is 12.4 Å². The fourth-order valence-corrected chi connectivity index (χ4v) is 3.49. The second kappa shape index (κ2) is 8.66. The van der Waals surface area contributed by atoms with E-state index >= 15 is 0 Å². The molecular weight excluding hydrogens is 436 g/mol. The molecule has 2 aromatic carbocycles. The van der Waals surface area contributed by atoms with Gasteiger partial charge >= 0.3 is 0 Å². The SMILES string of the molecule is CNC(=O)c1c(C)oc2cc(Oc3ccnc(Nc4ccc(-c5nc(C)no5)cc4)n3)ccc12. The molecule has 34 heavy (non-hydrogen) atoms. The molecule has 10 heteroatoms. The third-order valence-electron chi connectivity index (χ3n) is 5.06. The molecule has 0 spiro atoms. The number of aryl methyl sites for hydroxylation is 2. The zero-order valence-electron chi connectivity index (χ0n) is 18.6. The normalized spacial score (nSPS) is 10.9. The van der Waals surface area contributed by atoms with Gasteiger partial charge in [-0.25, -0.2) is 4.98 Å². The number of hydrogen-bond acceptors (Lipinski definition) is 9. The molecule has 0 saturated carbocycles. The molecule has 0 atom stereocenters. The molecule has 10 nitrogen and oxygen atoms in total. The fraction of sp³-hybridized carbons (Fsp3) is 0.125. The van der Waals surface area contributed by atoms with Crippen molar-refractivity contribution in [1.82, 2.24) is 25.4 Å². The number of fused-ring (bicyclic) bond motifs is 1. The molecule has 170 valence electrons. The van der Waals surface area contributed by atoms with Crippen molar-refractivity contribution in [3.05, 3.63) is 71.9 Å². The van der Waals surface area contributed by atoms with E-state index in [-0.39, 0.29) is 5.91 Å². The van der Waals surface area contributed by atoms with Crippen molar-refractivity contribution in [2.45, 2.75) is 13.8 Å². The second-order valence-corrected chi connectivity index (χ2v) is 7.44. The van der Waals surface area contributed by atoms with E-state index in [2.05, 4.69) is 30.7 Å². The molecule has 0 radical (unpaired) electrons. The number of rotatable bonds is 6. The summed E-state index contributed by atoms with van der Waals surface area (Å²) in [6, 6.07) is 14.4. The van der Waals surface area contributed by atoms with Gasteiger partial charge in [-0.3, -0.25) is 4.79 Å². The molecule has 3 heterocycles. The number of carbonyl (C=O) groups is 1. The van der Waals surface area contributed by atoms with Gasteiger partial charge in [-0.05, 0) is 50.2 Å². The summed E-state index contributed by atoms with van der Waals surface area (Å²) >= 11 is 0. The summed E-state index contributed by atoms with van der Waals surface area (Å²) < 4.78 is 16.8. The van der Waals surface area contributed by atoms with Crippen LogP contribution in [0.5, 0.6) is 11.6 Å². The number of anilines is 2. The third-order valence-corrected chi connectivity index (χ3v) is 5.06. The van der Waals surface area contributed by atoms with Crippen molar-refractivity contribution in [3.63, 3.8) is 0 Å². The van der Waals surface area contributed by atoms with Crippen LogP contribution in [0.2, 0.25) is 0 Å². The number of amides is 1. The lowest BCUT2D eigenvalue weighted by Gasteiger charge is -2.08. The number of aromatic nitrogens is 4. The van der Waals surface area contributed by atoms with E-state index in [4.69, 9.17) is 13.7 Å². The number of nitrogens with zero attached hydrogens (tertiary/aromatic N) is 4. The van der Waals surface area contributed by atoms with Gasteiger partial charge in [0.05, 0.1) is 5.56 Å². The highest BCUT2D eigenvalue weighted by molar-refractivity contribution is 6.07. The van der Waals surface area contributed by atoms with Crippen LogP contribution in [0, 0.1) is 13.8 Å². The minimum absolute atomic E-state index is 0.198. The van der Waals surface area contributed by atoms with Crippen molar-refractivity contribution >= 4 is 28.5 Å². The topological polar surface area (TPSA) is 128 Å². The highest BCUT2D eigenvalue weighted by atomic mass is 16.5. The number of hydrogen-bond donors (Lipinski definition) is 2. The summed E-state index contributed by atoms with van der Waals surface area (Å²) in [7, 11) is 1.59. The highest BCUT2D eigenvalue weighted by Crippen LogP contribution is 2.31. The Labute approximate surface area is 194 Å². The quantitative estimate of drug-likeness (QED) is 0.371. The number of furan rings is 1. The average molecular weight is 456 g/mol. The van der Waals surface area contributed by atoms with Gasteiger partial charge < -0.3 is 24.3 Å². The molecule has 0 bridgehead atoms. The predicted molar refractivity (Wildman–Crippen MR) is 124 cm³/mol. The van der Waals surface area contributed by atoms with Gasteiger partial charge in [-0.2, -0.15) is 9.97 Å². The maximum atomic E-state index is 12.1. The minimum Gasteiger partial charge on any atom is -0.460 e. The van der Waals surface area contributed by atoms with Gasteiger partial charge in [-0.15, -0.1) is 0 Å². The van der Waals surface area contributed by atoms with Crippen molar-refractivity contribution < 1.29 is 18.5 Å². The molecular formula is C24H20N6O4. The Morgan fingerprint density at radius 2 is 1.85 bits per heavy atom. The zero-order valence-corrected chi connectivity index (χ0v) is 18.6. The van der Waals surface area contributed by atoms with E-state index in [1.165, 1.54) is 0 Å². The largest absolute Gasteiger partial charge is 0.460 e. The highest BCUT2D eigenvalue weighted by Gasteiger charge is 2.17. The van der Waals surface area contributed by atoms with Gasteiger partial charge in [-0.1, -0.05) is 5.16 Å². The lowest BCUT2D eigenvalue weighted by molar-refractivity contribution is 0.0963. The molecule has 5 aromatic rings. The van der Waals surface area contributed by atoms with Gasteiger partial charge in [0.1, 0.15) is 17.1 Å². The Kier molecular flexibility index (Phi) is 5.38. The maximum Gasteiger partial charge on any atom is 0.257 e. The standard InChI is InChI=1S/C24H20N6O4/c1-13-21(22(31)25-3)18-9-8-17(12-19(18)32-13)33-20-10-11-26-24(29-20)28-16-6-4-15(5-7-16)23-27-14(2)30-34-23/h4-12H,1-3H3,(H,25,31)(H,26,28,29). The van der Waals surface area contributed by atoms with Crippen LogP contribution in [0.25, 0.3) is 22.4 Å². The molecule has 0 aliphatic carbocycles. The summed E-state index contributed by atoms with van der Waals surface area (Å²) in [5.74, 6) is 2.63. The number of nitrogens with one attached hydrogen (secondary N) is 2. The van der Waals surface area contributed by atoms with Crippen LogP contribution in [-0.2, 0) is 0 Å². The van der Waals surface area contributed by atoms with Gasteiger partial charge in [0, 0.05) is 42.0 Å². The number of carbonyl (C=O) groups excluding carboxylic acids is 1. The van der Waals surface area contributed by atoms with Gasteiger partial charge in [0.15, 0.2) is 5.82 Å². The first-order chi connectivity index (χ1) is 16.5. The minimum atomic E-state index is -0.198. The van der Waals surface area contributed by atoms with Crippen molar-refractivity contribution in [2.24, 2.45) is 0 Å². The molecule has 5 rings (SSSR count). The smallest absolute Gasteiger partial charge is 0.257 e. The first-order valence-corrected chi connectivity index (χ1v) is 10.4. The van der Waals surface area contributed by atoms with E-state index in [0.29, 0.717) is 51.6 Å². The van der Waals surface area contributed by atoms with Crippen LogP contribution in [0.15, 0.2) is 63.7 Å². The summed E-state index contributed by atoms with van der Waals surface area (Å²) in [4.78, 5) is 25.0. The molecule has 2 N–H and O–H groups in total. The summed E-state index contributed by atoms with van der Waals surface area (Å²) in [6.07, 6.45) is 1.60. The first kappa shape index (κ1) is 21.1. The van der Waals surface area contributed by atoms with E-state index in [1.54, 1.807) is 51.4 Å². The van der Waals surface area contributed by atoms with Gasteiger partial charge in [0.25, 0.3) is 11.8 Å². The van der Waals surface area contributed by atoms with Crippen LogP contribution in [0.3, 0.4) is 0 Å². The molecule has 0 aliphatic heterocycles. The van der Waals surface area contributed by atoms with Crippen molar-refractivity contribution in [1.29, 1.82) is 0 Å². The van der Waals surface area contributed by atoms with Crippen molar-refractivity contribution in [3.8, 4) is 23.1 Å². The Morgan fingerprint density at radius 3 is 2.59 bits per heavy atom. The maximum absolute atomic E-state index is 12.1. The third kappa shape index (κ3) is 4.16. The zero-order chi connectivity index (χ0) is 23.7. The van der Waals surface area contributed by atoms with Crippen LogP contribution >= 0.6 is 0 Å². The van der Waals surface area contributed by atoms with E-state index in [0.717, 1.165) is 11.3 Å². The van der Waals surface area contributed by atoms with Crippen LogP contribution in [-0.4, -0.2) is 33.1 Å². The predicted octanol–water partition coefficient (Wildman–Crippen LogP) is 4.79. The monoisotopic (exact) mass is 456 g/mol. The molecule has 0 fully saturated rings. The van der Waals surface area contributed by atoms with E-state index < -0.39 is 0 Å². The first-order valence-electron chi connectivity index (χ1n) is 10.4. The molecule has 1 amide bonds. The number of benzene rings is 2. The molecule has 0 unspecified atom stereocenters. The summed E-state index contributed by atoms with van der Waals surface area (Å²) in [6.45, 7) is 3.52. The molecule has 0 aliphatic rings. The Balaban J connectivity index is 1.32. The lowest BCUT2D eigenvalue weighted by Crippen LogP contribution is -2.18. The Bertz CT molecular complexity index is 1490.